The van der Waals surface area contributed by atoms with Gasteiger partial charge in [0.25, 0.3) is 0 Å². The van der Waals surface area contributed by atoms with E-state index in [9.17, 15) is 9.59 Å². The lowest BCUT2D eigenvalue weighted by Gasteiger charge is -2.55. The van der Waals surface area contributed by atoms with Crippen molar-refractivity contribution in [3.05, 3.63) is 34.6 Å². The van der Waals surface area contributed by atoms with Crippen molar-refractivity contribution < 1.29 is 19.1 Å². The highest BCUT2D eigenvalue weighted by Crippen LogP contribution is 2.67. The van der Waals surface area contributed by atoms with Crippen LogP contribution >= 0.6 is 0 Å². The van der Waals surface area contributed by atoms with Crippen molar-refractivity contribution >= 4 is 11.9 Å². The minimum Gasteiger partial charge on any atom is -0.458 e. The van der Waals surface area contributed by atoms with Gasteiger partial charge in [0, 0.05) is 28.1 Å². The van der Waals surface area contributed by atoms with Crippen LogP contribution in [0.5, 0.6) is 0 Å². The molecule has 2 heterocycles. The van der Waals surface area contributed by atoms with Crippen LogP contribution in [0.25, 0.3) is 0 Å². The Kier molecular flexibility index (Phi) is 4.29. The van der Waals surface area contributed by atoms with Gasteiger partial charge in [0.15, 0.2) is 0 Å². The van der Waals surface area contributed by atoms with E-state index in [0.717, 1.165) is 80.3 Å². The van der Waals surface area contributed by atoms with E-state index in [1.165, 1.54) is 0 Å². The molecule has 5 atom stereocenters. The number of unbranched alkanes of at least 4 members (excludes halogenated alkanes) is 2. The fourth-order valence-corrected chi connectivity index (χ4v) is 6.73. The average Bonchev–Trinajstić information content (AvgIpc) is 3.19. The Balaban J connectivity index is 1.63. The predicted molar refractivity (Wildman–Crippen MR) is 105 cm³/mol. The van der Waals surface area contributed by atoms with E-state index in [2.05, 4.69) is 26.0 Å². The second-order valence-corrected chi connectivity index (χ2v) is 9.18. The third-order valence-electron chi connectivity index (χ3n) is 7.87. The number of carbonyl (C=O) groups is 2. The van der Waals surface area contributed by atoms with Crippen molar-refractivity contribution in [2.45, 2.75) is 77.7 Å². The van der Waals surface area contributed by atoms with Gasteiger partial charge in [0.1, 0.15) is 11.9 Å². The molecular weight excluding hydrogens is 352 g/mol. The number of ether oxygens (including phenoxy) is 2. The first-order valence-corrected chi connectivity index (χ1v) is 11.2. The number of hydrogen-bond donors (Lipinski definition) is 0. The zero-order valence-corrected chi connectivity index (χ0v) is 17.0. The Morgan fingerprint density at radius 1 is 1.18 bits per heavy atom. The summed E-state index contributed by atoms with van der Waals surface area (Å²) in [5, 5.41) is 0. The molecule has 0 unspecified atom stereocenters. The molecule has 0 radical (unpaired) electrons. The Labute approximate surface area is 167 Å². The summed E-state index contributed by atoms with van der Waals surface area (Å²) in [4.78, 5) is 25.8. The first-order valence-electron chi connectivity index (χ1n) is 11.2. The average molecular weight is 383 g/mol. The molecule has 2 aliphatic heterocycles. The summed E-state index contributed by atoms with van der Waals surface area (Å²) in [7, 11) is 0. The van der Waals surface area contributed by atoms with Crippen LogP contribution < -0.4 is 0 Å². The summed E-state index contributed by atoms with van der Waals surface area (Å²) in [6.07, 6.45) is 13.3. The third kappa shape index (κ3) is 2.29. The SMILES string of the molecule is CCC/C=C1\OC(=O)C2=C1CC[C@@H]1[C@@H]3C=C4C(=O)O[C@@H](CCCC)[C@]4(CC3)[C@H]21. The standard InChI is InChI=1S/C24H30O4/c1-3-5-7-18-16-10-9-15-14-11-12-24(21(15)20(16)23(26)27-18)17(13-14)22(25)28-19(24)8-6-4-2/h7,13-15,19,21H,3-6,8-12H2,1-2H3/b18-7-/t14-,15+,19-,21-,24+/m0/s1. The number of esters is 2. The zero-order chi connectivity index (χ0) is 19.5. The number of hydrogen-bond acceptors (Lipinski definition) is 4. The molecule has 1 spiro atoms. The molecular formula is C24H30O4. The summed E-state index contributed by atoms with van der Waals surface area (Å²) >= 11 is 0. The number of allylic oxidation sites excluding steroid dienone is 3. The van der Waals surface area contributed by atoms with Crippen LogP contribution in [0.2, 0.25) is 0 Å². The smallest absolute Gasteiger partial charge is 0.340 e. The highest BCUT2D eigenvalue weighted by molar-refractivity contribution is 5.98. The number of rotatable bonds is 5. The molecule has 1 saturated carbocycles. The van der Waals surface area contributed by atoms with Gasteiger partial charge < -0.3 is 9.47 Å². The molecule has 4 heteroatoms. The van der Waals surface area contributed by atoms with Crippen molar-refractivity contribution in [1.29, 1.82) is 0 Å². The van der Waals surface area contributed by atoms with Gasteiger partial charge in [0.2, 0.25) is 0 Å². The van der Waals surface area contributed by atoms with Gasteiger partial charge in [-0.1, -0.05) is 39.2 Å². The molecule has 6 rings (SSSR count). The van der Waals surface area contributed by atoms with Gasteiger partial charge >= 0.3 is 11.9 Å². The van der Waals surface area contributed by atoms with E-state index in [1.807, 2.05) is 0 Å². The van der Waals surface area contributed by atoms with E-state index in [0.29, 0.717) is 11.8 Å². The summed E-state index contributed by atoms with van der Waals surface area (Å²) in [5.41, 5.74) is 2.56. The molecule has 0 aromatic carbocycles. The van der Waals surface area contributed by atoms with Crippen LogP contribution in [0.1, 0.15) is 71.6 Å². The monoisotopic (exact) mass is 382 g/mol. The van der Waals surface area contributed by atoms with Crippen LogP contribution in [-0.4, -0.2) is 18.0 Å². The molecule has 2 bridgehead atoms. The van der Waals surface area contributed by atoms with E-state index in [1.54, 1.807) is 0 Å². The number of carbonyl (C=O) groups excluding carboxylic acids is 2. The molecule has 4 nitrogen and oxygen atoms in total. The lowest BCUT2D eigenvalue weighted by Crippen LogP contribution is -2.54. The van der Waals surface area contributed by atoms with Crippen LogP contribution in [0.3, 0.4) is 0 Å². The van der Waals surface area contributed by atoms with Crippen LogP contribution in [0, 0.1) is 23.2 Å². The Morgan fingerprint density at radius 2 is 2.04 bits per heavy atom. The molecule has 1 saturated heterocycles. The summed E-state index contributed by atoms with van der Waals surface area (Å²) in [6.45, 7) is 4.31. The Hall–Kier alpha value is -1.84. The lowest BCUT2D eigenvalue weighted by atomic mass is 9.45. The minimum absolute atomic E-state index is 0.0864. The third-order valence-corrected chi connectivity index (χ3v) is 7.87. The van der Waals surface area contributed by atoms with Crippen LogP contribution in [0.4, 0.5) is 0 Å². The van der Waals surface area contributed by atoms with E-state index >= 15 is 0 Å². The Bertz CT molecular complexity index is 816. The summed E-state index contributed by atoms with van der Waals surface area (Å²) < 4.78 is 11.7. The maximum atomic E-state index is 13.0. The lowest BCUT2D eigenvalue weighted by molar-refractivity contribution is -0.141. The second kappa shape index (κ2) is 6.60. The predicted octanol–water partition coefficient (Wildman–Crippen LogP) is 5.00. The van der Waals surface area contributed by atoms with Gasteiger partial charge in [-0.25, -0.2) is 9.59 Å². The van der Waals surface area contributed by atoms with Gasteiger partial charge in [-0.05, 0) is 56.4 Å². The van der Waals surface area contributed by atoms with Gasteiger partial charge in [-0.2, -0.15) is 0 Å². The van der Waals surface area contributed by atoms with Crippen molar-refractivity contribution in [2.75, 3.05) is 0 Å². The largest absolute Gasteiger partial charge is 0.458 e. The molecule has 0 amide bonds. The molecule has 150 valence electrons. The highest BCUT2D eigenvalue weighted by atomic mass is 16.6. The highest BCUT2D eigenvalue weighted by Gasteiger charge is 2.67. The molecule has 4 aliphatic carbocycles. The molecule has 2 fully saturated rings. The van der Waals surface area contributed by atoms with Crippen molar-refractivity contribution in [3.8, 4) is 0 Å². The topological polar surface area (TPSA) is 52.6 Å². The Morgan fingerprint density at radius 3 is 2.82 bits per heavy atom. The fourth-order valence-electron chi connectivity index (χ4n) is 6.73. The zero-order valence-electron chi connectivity index (χ0n) is 17.0. The molecule has 28 heavy (non-hydrogen) atoms. The van der Waals surface area contributed by atoms with Crippen molar-refractivity contribution in [1.82, 2.24) is 0 Å². The van der Waals surface area contributed by atoms with Crippen LogP contribution in [0.15, 0.2) is 34.6 Å². The second-order valence-electron chi connectivity index (χ2n) is 9.18. The van der Waals surface area contributed by atoms with Crippen molar-refractivity contribution in [3.63, 3.8) is 0 Å². The fraction of sp³-hybridized carbons (Fsp3) is 0.667. The van der Waals surface area contributed by atoms with Crippen LogP contribution in [-0.2, 0) is 19.1 Å². The molecule has 0 aromatic heterocycles. The van der Waals surface area contributed by atoms with E-state index < -0.39 is 0 Å². The molecule has 6 aliphatic rings. The van der Waals surface area contributed by atoms with Gasteiger partial charge in [-0.3, -0.25) is 0 Å². The number of fused-ring (bicyclic) bond motifs is 1. The number of cyclic esters (lactones) is 2. The van der Waals surface area contributed by atoms with E-state index in [4.69, 9.17) is 9.47 Å². The maximum Gasteiger partial charge on any atom is 0.340 e. The minimum atomic E-state index is -0.314. The van der Waals surface area contributed by atoms with Gasteiger partial charge in [-0.15, -0.1) is 0 Å². The maximum absolute atomic E-state index is 13.0. The summed E-state index contributed by atoms with van der Waals surface area (Å²) in [6, 6.07) is 0. The van der Waals surface area contributed by atoms with Crippen molar-refractivity contribution in [2.24, 2.45) is 23.2 Å². The first-order chi connectivity index (χ1) is 13.6. The summed E-state index contributed by atoms with van der Waals surface area (Å²) in [5.74, 6) is 1.41. The van der Waals surface area contributed by atoms with E-state index in [-0.39, 0.29) is 29.4 Å². The first kappa shape index (κ1) is 18.2. The molecule has 0 aromatic rings. The molecule has 0 N–H and O–H groups in total. The normalized spacial score (nSPS) is 39.5. The van der Waals surface area contributed by atoms with Gasteiger partial charge in [0.05, 0.1) is 0 Å². The quantitative estimate of drug-likeness (QED) is 0.628.